The number of hydrogen-bond donors (Lipinski definition) is 0. The second-order valence-corrected chi connectivity index (χ2v) is 5.84. The quantitative estimate of drug-likeness (QED) is 0.735. The molecule has 4 nitrogen and oxygen atoms in total. The Morgan fingerprint density at radius 2 is 1.95 bits per heavy atom. The van der Waals surface area contributed by atoms with Gasteiger partial charge in [0.25, 0.3) is 0 Å². The fourth-order valence-corrected chi connectivity index (χ4v) is 3.65. The molecular formula is C15H25NO3. The third kappa shape index (κ3) is 3.10. The number of amides is 1. The maximum Gasteiger partial charge on any atom is 0.328 e. The van der Waals surface area contributed by atoms with Crippen LogP contribution in [0.1, 0.15) is 58.3 Å². The minimum atomic E-state index is -0.328. The molecule has 0 radical (unpaired) electrons. The molecular weight excluding hydrogens is 242 g/mol. The highest BCUT2D eigenvalue weighted by molar-refractivity contribution is 5.88. The first kappa shape index (κ1) is 14.4. The lowest BCUT2D eigenvalue weighted by molar-refractivity contribution is -0.151. The standard InChI is InChI=1S/C15H25NO3/c1-3-4-11-5-7-12(8-6-11)16-13(15(18)19-2)9-10-14(16)17/h11-13H,3-10H2,1-2H3. The Labute approximate surface area is 115 Å². The first-order valence-electron chi connectivity index (χ1n) is 7.56. The Morgan fingerprint density at radius 3 is 2.53 bits per heavy atom. The molecule has 1 unspecified atom stereocenters. The molecule has 1 aliphatic heterocycles. The highest BCUT2D eigenvalue weighted by Gasteiger charge is 2.41. The van der Waals surface area contributed by atoms with E-state index in [1.54, 1.807) is 0 Å². The van der Waals surface area contributed by atoms with Crippen LogP contribution in [-0.4, -0.2) is 36.0 Å². The largest absolute Gasteiger partial charge is 0.467 e. The van der Waals surface area contributed by atoms with E-state index in [1.165, 1.54) is 32.8 Å². The van der Waals surface area contributed by atoms with Crippen molar-refractivity contribution >= 4 is 11.9 Å². The molecule has 1 saturated heterocycles. The van der Waals surface area contributed by atoms with Crippen LogP contribution in [0.2, 0.25) is 0 Å². The van der Waals surface area contributed by atoms with Crippen LogP contribution in [0.4, 0.5) is 0 Å². The van der Waals surface area contributed by atoms with Crippen LogP contribution in [0.25, 0.3) is 0 Å². The van der Waals surface area contributed by atoms with Crippen molar-refractivity contribution in [1.29, 1.82) is 0 Å². The fourth-order valence-electron chi connectivity index (χ4n) is 3.65. The zero-order valence-electron chi connectivity index (χ0n) is 12.1. The summed E-state index contributed by atoms with van der Waals surface area (Å²) in [7, 11) is 1.40. The normalized spacial score (nSPS) is 31.6. The number of hydrogen-bond acceptors (Lipinski definition) is 3. The number of carbonyl (C=O) groups is 2. The predicted molar refractivity (Wildman–Crippen MR) is 72.5 cm³/mol. The van der Waals surface area contributed by atoms with E-state index >= 15 is 0 Å². The van der Waals surface area contributed by atoms with Gasteiger partial charge in [0.15, 0.2) is 0 Å². The van der Waals surface area contributed by atoms with E-state index in [2.05, 4.69) is 6.92 Å². The molecule has 0 spiro atoms. The first-order chi connectivity index (χ1) is 9.17. The minimum Gasteiger partial charge on any atom is -0.467 e. The van der Waals surface area contributed by atoms with Crippen molar-refractivity contribution in [2.75, 3.05) is 7.11 Å². The maximum absolute atomic E-state index is 12.0. The van der Waals surface area contributed by atoms with Gasteiger partial charge in [0, 0.05) is 12.5 Å². The molecule has 2 fully saturated rings. The number of ether oxygens (including phenoxy) is 1. The summed E-state index contributed by atoms with van der Waals surface area (Å²) in [6, 6.07) is -0.0718. The molecule has 2 aliphatic rings. The van der Waals surface area contributed by atoms with Gasteiger partial charge in [-0.15, -0.1) is 0 Å². The van der Waals surface area contributed by atoms with Crippen molar-refractivity contribution in [3.8, 4) is 0 Å². The van der Waals surface area contributed by atoms with Crippen LogP contribution in [0, 0.1) is 5.92 Å². The van der Waals surface area contributed by atoms with Crippen molar-refractivity contribution in [2.24, 2.45) is 5.92 Å². The number of rotatable bonds is 4. The molecule has 0 aromatic rings. The lowest BCUT2D eigenvalue weighted by Crippen LogP contribution is -2.47. The third-order valence-electron chi connectivity index (χ3n) is 4.64. The third-order valence-corrected chi connectivity index (χ3v) is 4.64. The topological polar surface area (TPSA) is 46.6 Å². The lowest BCUT2D eigenvalue weighted by Gasteiger charge is -2.37. The van der Waals surface area contributed by atoms with Crippen LogP contribution in [-0.2, 0) is 14.3 Å². The van der Waals surface area contributed by atoms with E-state index < -0.39 is 0 Å². The Morgan fingerprint density at radius 1 is 1.26 bits per heavy atom. The van der Waals surface area contributed by atoms with Gasteiger partial charge in [-0.05, 0) is 38.0 Å². The summed E-state index contributed by atoms with van der Waals surface area (Å²) in [4.78, 5) is 25.6. The van der Waals surface area contributed by atoms with Gasteiger partial charge in [-0.1, -0.05) is 19.8 Å². The summed E-state index contributed by atoms with van der Waals surface area (Å²) in [6.45, 7) is 2.23. The van der Waals surface area contributed by atoms with E-state index in [1.807, 2.05) is 4.90 Å². The van der Waals surface area contributed by atoms with E-state index in [-0.39, 0.29) is 24.0 Å². The van der Waals surface area contributed by atoms with Crippen molar-refractivity contribution in [1.82, 2.24) is 4.90 Å². The number of methoxy groups -OCH3 is 1. The van der Waals surface area contributed by atoms with Crippen LogP contribution in [0.15, 0.2) is 0 Å². The van der Waals surface area contributed by atoms with E-state index in [0.29, 0.717) is 12.8 Å². The molecule has 4 heteroatoms. The van der Waals surface area contributed by atoms with Gasteiger partial charge in [0.2, 0.25) is 5.91 Å². The van der Waals surface area contributed by atoms with Gasteiger partial charge in [-0.2, -0.15) is 0 Å². The predicted octanol–water partition coefficient (Wildman–Crippen LogP) is 2.51. The van der Waals surface area contributed by atoms with Gasteiger partial charge >= 0.3 is 5.97 Å². The Bertz CT molecular complexity index is 334. The molecule has 19 heavy (non-hydrogen) atoms. The highest BCUT2D eigenvalue weighted by Crippen LogP contribution is 2.34. The number of nitrogens with zero attached hydrogens (tertiary/aromatic N) is 1. The molecule has 1 amide bonds. The van der Waals surface area contributed by atoms with E-state index in [9.17, 15) is 9.59 Å². The highest BCUT2D eigenvalue weighted by atomic mass is 16.5. The summed E-state index contributed by atoms with van der Waals surface area (Å²) < 4.78 is 4.83. The van der Waals surface area contributed by atoms with E-state index in [4.69, 9.17) is 4.74 Å². The number of carbonyl (C=O) groups excluding carboxylic acids is 2. The zero-order chi connectivity index (χ0) is 13.8. The first-order valence-corrected chi connectivity index (χ1v) is 7.56. The SMILES string of the molecule is CCCC1CCC(N2C(=O)CCC2C(=O)OC)CC1. The molecule has 1 aliphatic carbocycles. The second kappa shape index (κ2) is 6.40. The summed E-state index contributed by atoms with van der Waals surface area (Å²) in [5, 5.41) is 0. The lowest BCUT2D eigenvalue weighted by atomic mass is 9.83. The molecule has 1 atom stereocenters. The van der Waals surface area contributed by atoms with Crippen molar-refractivity contribution < 1.29 is 14.3 Å². The number of likely N-dealkylation sites (tertiary alicyclic amines) is 1. The maximum atomic E-state index is 12.0. The summed E-state index contributed by atoms with van der Waals surface area (Å²) in [6.07, 6.45) is 8.12. The minimum absolute atomic E-state index is 0.134. The summed E-state index contributed by atoms with van der Waals surface area (Å²) in [5.41, 5.74) is 0. The molecule has 0 aromatic carbocycles. The molecule has 0 N–H and O–H groups in total. The van der Waals surface area contributed by atoms with Crippen LogP contribution < -0.4 is 0 Å². The van der Waals surface area contributed by atoms with Crippen LogP contribution in [0.5, 0.6) is 0 Å². The molecule has 1 saturated carbocycles. The van der Waals surface area contributed by atoms with Gasteiger partial charge in [0.05, 0.1) is 7.11 Å². The second-order valence-electron chi connectivity index (χ2n) is 5.84. The number of esters is 1. The zero-order valence-corrected chi connectivity index (χ0v) is 12.1. The van der Waals surface area contributed by atoms with Gasteiger partial charge < -0.3 is 9.64 Å². The Kier molecular flexibility index (Phi) is 4.83. The average Bonchev–Trinajstić information content (AvgIpc) is 2.81. The van der Waals surface area contributed by atoms with Crippen LogP contribution >= 0.6 is 0 Å². The fraction of sp³-hybridized carbons (Fsp3) is 0.867. The average molecular weight is 267 g/mol. The van der Waals surface area contributed by atoms with Crippen molar-refractivity contribution in [2.45, 2.75) is 70.4 Å². The van der Waals surface area contributed by atoms with Gasteiger partial charge in [-0.25, -0.2) is 4.79 Å². The Balaban J connectivity index is 1.96. The molecule has 1 heterocycles. The van der Waals surface area contributed by atoms with Gasteiger partial charge in [-0.3, -0.25) is 4.79 Å². The van der Waals surface area contributed by atoms with Crippen molar-refractivity contribution in [3.63, 3.8) is 0 Å². The molecule has 0 bridgehead atoms. The summed E-state index contributed by atoms with van der Waals surface area (Å²) >= 11 is 0. The smallest absolute Gasteiger partial charge is 0.328 e. The summed E-state index contributed by atoms with van der Waals surface area (Å²) in [5.74, 6) is 0.700. The molecule has 0 aromatic heterocycles. The van der Waals surface area contributed by atoms with Crippen molar-refractivity contribution in [3.05, 3.63) is 0 Å². The van der Waals surface area contributed by atoms with Gasteiger partial charge in [0.1, 0.15) is 6.04 Å². The van der Waals surface area contributed by atoms with Crippen LogP contribution in [0.3, 0.4) is 0 Å². The van der Waals surface area contributed by atoms with E-state index in [0.717, 1.165) is 18.8 Å². The molecule has 2 rings (SSSR count). The molecule has 108 valence electrons. The monoisotopic (exact) mass is 267 g/mol. The Hall–Kier alpha value is -1.06.